The minimum atomic E-state index is 0. The second-order valence-corrected chi connectivity index (χ2v) is 10.6. The van der Waals surface area contributed by atoms with Gasteiger partial charge in [-0.2, -0.15) is 0 Å². The Kier molecular flexibility index (Phi) is 7.74. The minimum Gasteiger partial charge on any atom is -0.398 e. The van der Waals surface area contributed by atoms with Gasteiger partial charge in [0.1, 0.15) is 0 Å². The zero-order chi connectivity index (χ0) is 28.5. The standard InChI is InChI=1S/C19H12ClN.C19H14N2.CH4/c2*20-19-15-8-4-5-9-17(15)21-18-12-14(10-11-16(18)19)13-6-2-1-3-7-13;/h1-12H;1-12H,(H2,20,21);1H4. The number of rotatable bonds is 2. The second kappa shape index (κ2) is 11.9. The van der Waals surface area contributed by atoms with Gasteiger partial charge in [0.05, 0.1) is 32.8 Å². The van der Waals surface area contributed by atoms with Gasteiger partial charge in [0.25, 0.3) is 0 Å². The fourth-order valence-corrected chi connectivity index (χ4v) is 5.71. The van der Waals surface area contributed by atoms with Gasteiger partial charge in [-0.15, -0.1) is 0 Å². The summed E-state index contributed by atoms with van der Waals surface area (Å²) in [6.45, 7) is 0. The Bertz CT molecular complexity index is 2050. The Labute approximate surface area is 256 Å². The van der Waals surface area contributed by atoms with Crippen LogP contribution >= 0.6 is 11.6 Å². The first-order valence-electron chi connectivity index (χ1n) is 13.8. The highest BCUT2D eigenvalue weighted by Crippen LogP contribution is 2.33. The molecule has 0 aliphatic heterocycles. The third kappa shape index (κ3) is 5.39. The van der Waals surface area contributed by atoms with Gasteiger partial charge < -0.3 is 5.73 Å². The molecule has 0 radical (unpaired) electrons. The van der Waals surface area contributed by atoms with Crippen LogP contribution in [0.5, 0.6) is 0 Å². The lowest BCUT2D eigenvalue weighted by molar-refractivity contribution is 1.49. The van der Waals surface area contributed by atoms with E-state index in [1.807, 2.05) is 84.9 Å². The first-order valence-corrected chi connectivity index (χ1v) is 14.2. The molecule has 3 nitrogen and oxygen atoms in total. The number of pyridine rings is 2. The minimum absolute atomic E-state index is 0. The van der Waals surface area contributed by atoms with Crippen LogP contribution in [0.1, 0.15) is 7.43 Å². The van der Waals surface area contributed by atoms with Crippen molar-refractivity contribution < 1.29 is 0 Å². The van der Waals surface area contributed by atoms with Crippen molar-refractivity contribution in [3.63, 3.8) is 0 Å². The molecule has 0 atom stereocenters. The fourth-order valence-electron chi connectivity index (χ4n) is 5.39. The zero-order valence-electron chi connectivity index (χ0n) is 22.7. The Hall–Kier alpha value is -5.25. The summed E-state index contributed by atoms with van der Waals surface area (Å²) >= 11 is 6.53. The number of nitrogen functional groups attached to an aromatic ring is 1. The maximum atomic E-state index is 6.53. The van der Waals surface area contributed by atoms with Crippen molar-refractivity contribution in [1.29, 1.82) is 0 Å². The van der Waals surface area contributed by atoms with Crippen molar-refractivity contribution in [3.8, 4) is 22.3 Å². The number of anilines is 1. The average molecular weight is 576 g/mol. The third-order valence-corrected chi connectivity index (χ3v) is 7.96. The van der Waals surface area contributed by atoms with Gasteiger partial charge in [-0.3, -0.25) is 0 Å². The zero-order valence-corrected chi connectivity index (χ0v) is 23.5. The molecule has 0 aliphatic carbocycles. The summed E-state index contributed by atoms with van der Waals surface area (Å²) in [4.78, 5) is 9.48. The molecule has 2 aromatic heterocycles. The molecule has 6 aromatic carbocycles. The summed E-state index contributed by atoms with van der Waals surface area (Å²) in [5.74, 6) is 0. The maximum absolute atomic E-state index is 6.53. The summed E-state index contributed by atoms with van der Waals surface area (Å²) < 4.78 is 0. The van der Waals surface area contributed by atoms with Crippen LogP contribution in [0, 0.1) is 0 Å². The van der Waals surface area contributed by atoms with Crippen molar-refractivity contribution in [2.75, 3.05) is 5.73 Å². The maximum Gasteiger partial charge on any atom is 0.0736 e. The van der Waals surface area contributed by atoms with E-state index in [1.165, 1.54) is 11.1 Å². The Morgan fingerprint density at radius 2 is 0.791 bits per heavy atom. The smallest absolute Gasteiger partial charge is 0.0736 e. The molecule has 2 N–H and O–H groups in total. The van der Waals surface area contributed by atoms with Gasteiger partial charge in [-0.25, -0.2) is 9.97 Å². The van der Waals surface area contributed by atoms with E-state index in [4.69, 9.17) is 27.3 Å². The predicted octanol–water partition coefficient (Wildman–Crippen LogP) is 11.0. The van der Waals surface area contributed by atoms with Crippen LogP contribution in [0.3, 0.4) is 0 Å². The molecule has 8 rings (SSSR count). The van der Waals surface area contributed by atoms with Crippen molar-refractivity contribution in [2.24, 2.45) is 0 Å². The number of hydrogen-bond acceptors (Lipinski definition) is 3. The second-order valence-electron chi connectivity index (χ2n) is 10.2. The lowest BCUT2D eigenvalue weighted by Gasteiger charge is -2.08. The van der Waals surface area contributed by atoms with E-state index in [-0.39, 0.29) is 7.43 Å². The summed E-state index contributed by atoms with van der Waals surface area (Å²) in [5, 5.41) is 4.79. The van der Waals surface area contributed by atoms with Gasteiger partial charge in [0.15, 0.2) is 0 Å². The van der Waals surface area contributed by atoms with Crippen LogP contribution in [0.25, 0.3) is 65.9 Å². The van der Waals surface area contributed by atoms with Crippen LogP contribution in [0.15, 0.2) is 146 Å². The largest absolute Gasteiger partial charge is 0.398 e. The number of para-hydroxylation sites is 2. The van der Waals surface area contributed by atoms with Gasteiger partial charge >= 0.3 is 0 Å². The summed E-state index contributed by atoms with van der Waals surface area (Å²) in [6.07, 6.45) is 0. The van der Waals surface area contributed by atoms with Crippen LogP contribution < -0.4 is 5.73 Å². The van der Waals surface area contributed by atoms with Crippen LogP contribution in [0.4, 0.5) is 5.69 Å². The van der Waals surface area contributed by atoms with Crippen LogP contribution in [0.2, 0.25) is 5.02 Å². The average Bonchev–Trinajstić information content (AvgIpc) is 3.06. The molecule has 4 heteroatoms. The molecule has 0 spiro atoms. The van der Waals surface area contributed by atoms with Crippen molar-refractivity contribution in [1.82, 2.24) is 9.97 Å². The molecule has 43 heavy (non-hydrogen) atoms. The first kappa shape index (κ1) is 27.9. The third-order valence-electron chi connectivity index (χ3n) is 7.55. The first-order chi connectivity index (χ1) is 20.7. The molecule has 0 saturated heterocycles. The Balaban J connectivity index is 0.000000150. The van der Waals surface area contributed by atoms with E-state index < -0.39 is 0 Å². The molecule has 0 aliphatic rings. The Morgan fingerprint density at radius 3 is 1.37 bits per heavy atom. The van der Waals surface area contributed by atoms with Crippen molar-refractivity contribution in [2.45, 2.75) is 7.43 Å². The normalized spacial score (nSPS) is 10.8. The van der Waals surface area contributed by atoms with E-state index in [9.17, 15) is 0 Å². The highest BCUT2D eigenvalue weighted by atomic mass is 35.5. The van der Waals surface area contributed by atoms with E-state index >= 15 is 0 Å². The monoisotopic (exact) mass is 575 g/mol. The highest BCUT2D eigenvalue weighted by molar-refractivity contribution is 6.40. The fraction of sp³-hybridized carbons (Fsp3) is 0.0256. The van der Waals surface area contributed by atoms with Crippen molar-refractivity contribution in [3.05, 3.63) is 151 Å². The van der Waals surface area contributed by atoms with Gasteiger partial charge in [0, 0.05) is 21.5 Å². The van der Waals surface area contributed by atoms with Gasteiger partial charge in [-0.05, 0) is 46.5 Å². The highest BCUT2D eigenvalue weighted by Gasteiger charge is 2.09. The van der Waals surface area contributed by atoms with E-state index in [0.29, 0.717) is 0 Å². The van der Waals surface area contributed by atoms with Crippen LogP contribution in [-0.2, 0) is 0 Å². The van der Waals surface area contributed by atoms with Gasteiger partial charge in [0.2, 0.25) is 0 Å². The van der Waals surface area contributed by atoms with E-state index in [0.717, 1.165) is 65.4 Å². The van der Waals surface area contributed by atoms with E-state index in [2.05, 4.69) is 60.7 Å². The molecule has 0 amide bonds. The van der Waals surface area contributed by atoms with E-state index in [1.54, 1.807) is 0 Å². The Morgan fingerprint density at radius 1 is 0.395 bits per heavy atom. The number of hydrogen-bond donors (Lipinski definition) is 1. The topological polar surface area (TPSA) is 51.8 Å². The number of nitrogens with two attached hydrogens (primary N) is 1. The lowest BCUT2D eigenvalue weighted by Crippen LogP contribution is -1.92. The number of aromatic nitrogens is 2. The molecular weight excluding hydrogens is 546 g/mol. The van der Waals surface area contributed by atoms with Crippen molar-refractivity contribution >= 4 is 60.9 Å². The lowest BCUT2D eigenvalue weighted by atomic mass is 10.0. The SMILES string of the molecule is C.Clc1c2ccccc2nc2cc(-c3ccccc3)ccc12.Nc1c2ccccc2nc2cc(-c3ccccc3)ccc12. The molecule has 208 valence electrons. The molecule has 0 saturated carbocycles. The number of halogens is 1. The number of benzene rings is 6. The summed E-state index contributed by atoms with van der Waals surface area (Å²) in [7, 11) is 0. The number of nitrogens with zero attached hydrogens (tertiary/aromatic N) is 2. The summed E-state index contributed by atoms with van der Waals surface area (Å²) in [6, 6.07) is 49.1. The van der Waals surface area contributed by atoms with Gasteiger partial charge in [-0.1, -0.05) is 140 Å². The predicted molar refractivity (Wildman–Crippen MR) is 186 cm³/mol. The molecule has 0 bridgehead atoms. The quantitative estimate of drug-likeness (QED) is 0.208. The summed E-state index contributed by atoms with van der Waals surface area (Å²) in [5.41, 5.74) is 15.5. The van der Waals surface area contributed by atoms with Crippen LogP contribution in [-0.4, -0.2) is 9.97 Å². The molecule has 2 heterocycles. The molecule has 0 fully saturated rings. The number of fused-ring (bicyclic) bond motifs is 4. The molecule has 0 unspecified atom stereocenters. The molecular formula is C39H30ClN3. The molecule has 8 aromatic rings.